The zero-order chi connectivity index (χ0) is 18.7. The van der Waals surface area contributed by atoms with Crippen LogP contribution in [0.4, 0.5) is 5.69 Å². The van der Waals surface area contributed by atoms with Crippen LogP contribution in [0.5, 0.6) is 0 Å². The standard InChI is InChI=1S/C19H16ClNO3S2/c1-2-13-5-3-4-6-16(13)21-19(22)17-11-12-18(25-17)26(23,24)15-9-7-14(20)8-10-15/h3-12H,2H2,1H3,(H,21,22). The quantitative estimate of drug-likeness (QED) is 0.646. The van der Waals surface area contributed by atoms with E-state index in [0.29, 0.717) is 9.90 Å². The highest BCUT2D eigenvalue weighted by atomic mass is 35.5. The lowest BCUT2D eigenvalue weighted by Crippen LogP contribution is -2.11. The van der Waals surface area contributed by atoms with Gasteiger partial charge in [0.1, 0.15) is 4.21 Å². The van der Waals surface area contributed by atoms with E-state index in [2.05, 4.69) is 5.32 Å². The van der Waals surface area contributed by atoms with E-state index >= 15 is 0 Å². The van der Waals surface area contributed by atoms with Gasteiger partial charge in [0, 0.05) is 10.7 Å². The Morgan fingerprint density at radius 2 is 1.73 bits per heavy atom. The average Bonchev–Trinajstić information content (AvgIpc) is 3.14. The number of anilines is 1. The molecule has 134 valence electrons. The van der Waals surface area contributed by atoms with Crippen molar-refractivity contribution in [1.82, 2.24) is 0 Å². The zero-order valence-corrected chi connectivity index (χ0v) is 16.3. The van der Waals surface area contributed by atoms with E-state index < -0.39 is 9.84 Å². The molecule has 0 unspecified atom stereocenters. The lowest BCUT2D eigenvalue weighted by atomic mass is 10.1. The van der Waals surface area contributed by atoms with Gasteiger partial charge in [-0.2, -0.15) is 0 Å². The zero-order valence-electron chi connectivity index (χ0n) is 13.9. The number of carbonyl (C=O) groups excluding carboxylic acids is 1. The third-order valence-electron chi connectivity index (χ3n) is 3.84. The molecular weight excluding hydrogens is 390 g/mol. The third-order valence-corrected chi connectivity index (χ3v) is 7.44. The molecule has 4 nitrogen and oxygen atoms in total. The van der Waals surface area contributed by atoms with E-state index in [0.717, 1.165) is 29.0 Å². The lowest BCUT2D eigenvalue weighted by molar-refractivity contribution is 0.103. The van der Waals surface area contributed by atoms with Crippen molar-refractivity contribution >= 4 is 44.4 Å². The average molecular weight is 406 g/mol. The third kappa shape index (κ3) is 3.82. The summed E-state index contributed by atoms with van der Waals surface area (Å²) in [6, 6.07) is 16.5. The Hall–Kier alpha value is -2.15. The van der Waals surface area contributed by atoms with Crippen LogP contribution in [0.1, 0.15) is 22.2 Å². The molecule has 0 spiro atoms. The van der Waals surface area contributed by atoms with Gasteiger partial charge in [-0.3, -0.25) is 4.79 Å². The maximum Gasteiger partial charge on any atom is 0.265 e. The van der Waals surface area contributed by atoms with Gasteiger partial charge in [-0.05, 0) is 54.4 Å². The molecule has 1 N–H and O–H groups in total. The normalized spacial score (nSPS) is 11.3. The molecular formula is C19H16ClNO3S2. The number of hydrogen-bond acceptors (Lipinski definition) is 4. The fourth-order valence-corrected chi connectivity index (χ4v) is 5.18. The molecule has 3 rings (SSSR count). The van der Waals surface area contributed by atoms with Gasteiger partial charge >= 0.3 is 0 Å². The van der Waals surface area contributed by atoms with Gasteiger partial charge in [-0.1, -0.05) is 36.7 Å². The number of benzene rings is 2. The van der Waals surface area contributed by atoms with Crippen molar-refractivity contribution < 1.29 is 13.2 Å². The fraction of sp³-hybridized carbons (Fsp3) is 0.105. The molecule has 0 fully saturated rings. The fourth-order valence-electron chi connectivity index (χ4n) is 2.45. The number of para-hydroxylation sites is 1. The Balaban J connectivity index is 1.85. The van der Waals surface area contributed by atoms with Crippen LogP contribution >= 0.6 is 22.9 Å². The first kappa shape index (κ1) is 18.6. The molecule has 26 heavy (non-hydrogen) atoms. The molecule has 0 bridgehead atoms. The van der Waals surface area contributed by atoms with Crippen molar-refractivity contribution in [3.8, 4) is 0 Å². The number of aryl methyl sites for hydroxylation is 1. The summed E-state index contributed by atoms with van der Waals surface area (Å²) in [6.07, 6.45) is 0.789. The minimum atomic E-state index is -3.67. The van der Waals surface area contributed by atoms with Crippen LogP contribution in [0.15, 0.2) is 69.8 Å². The number of hydrogen-bond donors (Lipinski definition) is 1. The van der Waals surface area contributed by atoms with Crippen molar-refractivity contribution in [2.45, 2.75) is 22.4 Å². The van der Waals surface area contributed by atoms with Crippen LogP contribution in [0.25, 0.3) is 0 Å². The first-order chi connectivity index (χ1) is 12.4. The van der Waals surface area contributed by atoms with E-state index in [4.69, 9.17) is 11.6 Å². The molecule has 0 atom stereocenters. The van der Waals surface area contributed by atoms with Gasteiger partial charge in [-0.15, -0.1) is 11.3 Å². The Bertz CT molecular complexity index is 1040. The molecule has 1 heterocycles. The number of thiophene rings is 1. The number of sulfone groups is 1. The van der Waals surface area contributed by atoms with Crippen LogP contribution in [0, 0.1) is 0 Å². The summed E-state index contributed by atoms with van der Waals surface area (Å²) >= 11 is 6.76. The van der Waals surface area contributed by atoms with E-state index in [1.54, 1.807) is 0 Å². The number of nitrogens with one attached hydrogen (secondary N) is 1. The predicted molar refractivity (Wildman–Crippen MR) is 105 cm³/mol. The van der Waals surface area contributed by atoms with Gasteiger partial charge in [0.05, 0.1) is 9.77 Å². The highest BCUT2D eigenvalue weighted by Gasteiger charge is 2.22. The van der Waals surface area contributed by atoms with Crippen molar-refractivity contribution in [2.75, 3.05) is 5.32 Å². The minimum Gasteiger partial charge on any atom is -0.321 e. The minimum absolute atomic E-state index is 0.119. The van der Waals surface area contributed by atoms with Crippen molar-refractivity contribution in [1.29, 1.82) is 0 Å². The molecule has 7 heteroatoms. The maximum absolute atomic E-state index is 12.7. The van der Waals surface area contributed by atoms with Crippen molar-refractivity contribution in [3.63, 3.8) is 0 Å². The maximum atomic E-state index is 12.7. The molecule has 0 aliphatic rings. The number of amides is 1. The van der Waals surface area contributed by atoms with Gasteiger partial charge in [0.2, 0.25) is 9.84 Å². The SMILES string of the molecule is CCc1ccccc1NC(=O)c1ccc(S(=O)(=O)c2ccc(Cl)cc2)s1. The molecule has 0 radical (unpaired) electrons. The molecule has 0 saturated heterocycles. The van der Waals surface area contributed by atoms with Gasteiger partial charge in [0.15, 0.2) is 0 Å². The van der Waals surface area contributed by atoms with E-state index in [1.165, 1.54) is 36.4 Å². The number of rotatable bonds is 5. The van der Waals surface area contributed by atoms with Crippen LogP contribution in [-0.2, 0) is 16.3 Å². The second-order valence-corrected chi connectivity index (χ2v) is 9.24. The smallest absolute Gasteiger partial charge is 0.265 e. The van der Waals surface area contributed by atoms with Gasteiger partial charge in [0.25, 0.3) is 5.91 Å². The number of halogens is 1. The summed E-state index contributed by atoms with van der Waals surface area (Å²) in [4.78, 5) is 13.0. The molecule has 0 aliphatic heterocycles. The van der Waals surface area contributed by atoms with Gasteiger partial charge < -0.3 is 5.32 Å². The molecule has 0 saturated carbocycles. The second-order valence-electron chi connectivity index (χ2n) is 5.54. The highest BCUT2D eigenvalue weighted by Crippen LogP contribution is 2.29. The Morgan fingerprint density at radius 3 is 2.42 bits per heavy atom. The number of carbonyl (C=O) groups is 1. The van der Waals surface area contributed by atoms with Crippen LogP contribution in [0.2, 0.25) is 5.02 Å². The van der Waals surface area contributed by atoms with Crippen LogP contribution in [0.3, 0.4) is 0 Å². The summed E-state index contributed by atoms with van der Waals surface area (Å²) in [5.41, 5.74) is 1.75. The predicted octanol–water partition coefficient (Wildman–Crippen LogP) is 5.05. The molecule has 3 aromatic rings. The van der Waals surface area contributed by atoms with Gasteiger partial charge in [-0.25, -0.2) is 8.42 Å². The summed E-state index contributed by atoms with van der Waals surface area (Å²) in [6.45, 7) is 2.01. The Kier molecular flexibility index (Phi) is 5.46. The van der Waals surface area contributed by atoms with Crippen molar-refractivity contribution in [3.05, 3.63) is 76.1 Å². The summed E-state index contributed by atoms with van der Waals surface area (Å²) in [5, 5.41) is 3.31. The first-order valence-electron chi connectivity index (χ1n) is 7.91. The second kappa shape index (κ2) is 7.61. The summed E-state index contributed by atoms with van der Waals surface area (Å²) < 4.78 is 25.5. The topological polar surface area (TPSA) is 63.2 Å². The molecule has 2 aromatic carbocycles. The van der Waals surface area contributed by atoms with Crippen LogP contribution < -0.4 is 5.32 Å². The van der Waals surface area contributed by atoms with E-state index in [-0.39, 0.29) is 15.0 Å². The lowest BCUT2D eigenvalue weighted by Gasteiger charge is -2.08. The molecule has 1 amide bonds. The first-order valence-corrected chi connectivity index (χ1v) is 10.6. The van der Waals surface area contributed by atoms with E-state index in [9.17, 15) is 13.2 Å². The Morgan fingerprint density at radius 1 is 1.04 bits per heavy atom. The van der Waals surface area contributed by atoms with Crippen LogP contribution in [-0.4, -0.2) is 14.3 Å². The Labute approximate surface area is 161 Å². The summed E-state index contributed by atoms with van der Waals surface area (Å²) in [5.74, 6) is -0.326. The largest absolute Gasteiger partial charge is 0.321 e. The summed E-state index contributed by atoms with van der Waals surface area (Å²) in [7, 11) is -3.67. The molecule has 1 aromatic heterocycles. The molecule has 0 aliphatic carbocycles. The monoisotopic (exact) mass is 405 g/mol. The highest BCUT2D eigenvalue weighted by molar-refractivity contribution is 7.93. The van der Waals surface area contributed by atoms with Crippen molar-refractivity contribution in [2.24, 2.45) is 0 Å². The van der Waals surface area contributed by atoms with E-state index in [1.807, 2.05) is 31.2 Å².